The number of rotatable bonds is 6. The maximum absolute atomic E-state index is 13.9. The molecule has 0 spiro atoms. The molecule has 1 aromatic heterocycles. The topological polar surface area (TPSA) is 97.3 Å². The number of H-pyrrole nitrogens is 1. The Labute approximate surface area is 210 Å². The molecule has 1 saturated carbocycles. The van der Waals surface area contributed by atoms with Crippen molar-refractivity contribution in [1.29, 1.82) is 5.26 Å². The van der Waals surface area contributed by atoms with Gasteiger partial charge in [0.15, 0.2) is 0 Å². The van der Waals surface area contributed by atoms with Gasteiger partial charge in [-0.05, 0) is 53.1 Å². The molecular formula is C29H30N4O3. The summed E-state index contributed by atoms with van der Waals surface area (Å²) in [5.41, 5.74) is 2.57. The molecule has 0 bridgehead atoms. The number of benzene rings is 2. The SMILES string of the molecule is CC1(C)C(C(=O)N(CCc2c[nH]c3ccccc23)C2CC(=O)N(c3ccc(C#N)cc3)C2=O)C1(C)C. The molecule has 2 heterocycles. The van der Waals surface area contributed by atoms with Crippen LogP contribution in [0.1, 0.15) is 45.2 Å². The van der Waals surface area contributed by atoms with E-state index in [1.165, 1.54) is 0 Å². The molecule has 1 saturated heterocycles. The van der Waals surface area contributed by atoms with Crippen molar-refractivity contribution in [3.05, 3.63) is 65.9 Å². The van der Waals surface area contributed by atoms with Crippen LogP contribution in [-0.4, -0.2) is 40.2 Å². The largest absolute Gasteiger partial charge is 0.361 e. The fourth-order valence-corrected chi connectivity index (χ4v) is 5.79. The van der Waals surface area contributed by atoms with Crippen molar-refractivity contribution in [2.75, 3.05) is 11.4 Å². The first-order chi connectivity index (χ1) is 17.1. The Morgan fingerprint density at radius 1 is 1.08 bits per heavy atom. The van der Waals surface area contributed by atoms with Gasteiger partial charge in [-0.1, -0.05) is 45.9 Å². The summed E-state index contributed by atoms with van der Waals surface area (Å²) in [6.07, 6.45) is 2.47. The average Bonchev–Trinajstić information content (AvgIpc) is 3.17. The number of carbonyl (C=O) groups is 3. The Balaban J connectivity index is 1.45. The minimum absolute atomic E-state index is 0.0496. The van der Waals surface area contributed by atoms with E-state index in [1.54, 1.807) is 29.2 Å². The van der Waals surface area contributed by atoms with E-state index < -0.39 is 11.9 Å². The summed E-state index contributed by atoms with van der Waals surface area (Å²) in [6, 6.07) is 15.5. The lowest BCUT2D eigenvalue weighted by molar-refractivity contribution is -0.140. The number of hydrogen-bond donors (Lipinski definition) is 1. The van der Waals surface area contributed by atoms with E-state index in [2.05, 4.69) is 32.7 Å². The number of nitriles is 1. The minimum atomic E-state index is -0.849. The second kappa shape index (κ2) is 8.34. The van der Waals surface area contributed by atoms with Gasteiger partial charge in [0.25, 0.3) is 5.91 Å². The molecule has 5 rings (SSSR count). The predicted octanol–water partition coefficient (Wildman–Crippen LogP) is 4.42. The number of nitrogens with one attached hydrogen (secondary N) is 1. The van der Waals surface area contributed by atoms with Crippen LogP contribution in [0.15, 0.2) is 54.7 Å². The van der Waals surface area contributed by atoms with Gasteiger partial charge in [-0.15, -0.1) is 0 Å². The number of anilines is 1. The molecule has 2 aromatic carbocycles. The van der Waals surface area contributed by atoms with Gasteiger partial charge in [-0.25, -0.2) is 4.90 Å². The number of fused-ring (bicyclic) bond motifs is 1. The molecule has 1 unspecified atom stereocenters. The number of aromatic nitrogens is 1. The Bertz CT molecular complexity index is 1400. The van der Waals surface area contributed by atoms with Crippen molar-refractivity contribution >= 4 is 34.3 Å². The van der Waals surface area contributed by atoms with Gasteiger partial charge in [0.1, 0.15) is 6.04 Å². The lowest BCUT2D eigenvalue weighted by Crippen LogP contribution is -2.47. The standard InChI is InChI=1S/C29H30N4O3/c1-28(2)25(29(28,3)4)27(36)32(14-13-19-17-31-22-8-6-5-7-21(19)22)23-15-24(34)33(26(23)35)20-11-9-18(16-30)10-12-20/h5-12,17,23,25,31H,13-15H2,1-4H3. The fraction of sp³-hybridized carbons (Fsp3) is 0.379. The first kappa shape index (κ1) is 23.8. The third kappa shape index (κ3) is 3.60. The maximum Gasteiger partial charge on any atom is 0.257 e. The van der Waals surface area contributed by atoms with Crippen LogP contribution in [0.5, 0.6) is 0 Å². The Kier molecular flexibility index (Phi) is 5.51. The Morgan fingerprint density at radius 2 is 1.75 bits per heavy atom. The van der Waals surface area contributed by atoms with Gasteiger partial charge in [0, 0.05) is 29.6 Å². The van der Waals surface area contributed by atoms with E-state index in [0.717, 1.165) is 21.4 Å². The normalized spacial score (nSPS) is 20.5. The molecule has 3 amide bonds. The van der Waals surface area contributed by atoms with E-state index in [4.69, 9.17) is 5.26 Å². The van der Waals surface area contributed by atoms with Gasteiger partial charge in [0.05, 0.1) is 23.7 Å². The zero-order valence-corrected chi connectivity index (χ0v) is 21.0. The lowest BCUT2D eigenvalue weighted by Gasteiger charge is -2.29. The fourth-order valence-electron chi connectivity index (χ4n) is 5.79. The highest BCUT2D eigenvalue weighted by molar-refractivity contribution is 6.23. The van der Waals surface area contributed by atoms with Crippen LogP contribution in [0.4, 0.5) is 5.69 Å². The summed E-state index contributed by atoms with van der Waals surface area (Å²) in [6.45, 7) is 8.67. The third-order valence-corrected chi connectivity index (χ3v) is 8.60. The molecule has 7 nitrogen and oxygen atoms in total. The smallest absolute Gasteiger partial charge is 0.257 e. The van der Waals surface area contributed by atoms with Crippen LogP contribution < -0.4 is 4.90 Å². The first-order valence-electron chi connectivity index (χ1n) is 12.3. The number of hydrogen-bond acceptors (Lipinski definition) is 4. The van der Waals surface area contributed by atoms with Gasteiger partial charge < -0.3 is 9.88 Å². The van der Waals surface area contributed by atoms with E-state index in [1.807, 2.05) is 36.5 Å². The van der Waals surface area contributed by atoms with Crippen molar-refractivity contribution in [3.8, 4) is 6.07 Å². The molecule has 1 N–H and O–H groups in total. The second-order valence-corrected chi connectivity index (χ2v) is 11.0. The third-order valence-electron chi connectivity index (χ3n) is 8.60. The molecular weight excluding hydrogens is 452 g/mol. The average molecular weight is 483 g/mol. The summed E-state index contributed by atoms with van der Waals surface area (Å²) in [5, 5.41) is 10.2. The molecule has 184 valence electrons. The summed E-state index contributed by atoms with van der Waals surface area (Å²) in [4.78, 5) is 46.6. The van der Waals surface area contributed by atoms with Crippen LogP contribution in [0.25, 0.3) is 10.9 Å². The van der Waals surface area contributed by atoms with Crippen molar-refractivity contribution in [2.24, 2.45) is 16.7 Å². The Hall–Kier alpha value is -3.92. The zero-order valence-electron chi connectivity index (χ0n) is 21.0. The van der Waals surface area contributed by atoms with Gasteiger partial charge in [0.2, 0.25) is 11.8 Å². The number of aromatic amines is 1. The molecule has 1 aliphatic heterocycles. The van der Waals surface area contributed by atoms with Crippen molar-refractivity contribution in [1.82, 2.24) is 9.88 Å². The molecule has 3 aromatic rings. The molecule has 0 radical (unpaired) electrons. The number of para-hydroxylation sites is 1. The first-order valence-corrected chi connectivity index (χ1v) is 12.3. The number of imide groups is 1. The molecule has 1 aliphatic carbocycles. The summed E-state index contributed by atoms with van der Waals surface area (Å²) >= 11 is 0. The highest BCUT2D eigenvalue weighted by Gasteiger charge is 2.69. The number of carbonyl (C=O) groups excluding carboxylic acids is 3. The zero-order chi connectivity index (χ0) is 25.8. The van der Waals surface area contributed by atoms with Gasteiger partial charge in [-0.3, -0.25) is 14.4 Å². The van der Waals surface area contributed by atoms with Gasteiger partial charge >= 0.3 is 0 Å². The molecule has 1 atom stereocenters. The molecule has 2 aliphatic rings. The highest BCUT2D eigenvalue weighted by Crippen LogP contribution is 2.69. The van der Waals surface area contributed by atoms with Crippen LogP contribution in [-0.2, 0) is 20.8 Å². The predicted molar refractivity (Wildman–Crippen MR) is 137 cm³/mol. The lowest BCUT2D eigenvalue weighted by atomic mass is 10.0. The van der Waals surface area contributed by atoms with Crippen LogP contribution in [0.2, 0.25) is 0 Å². The van der Waals surface area contributed by atoms with Crippen molar-refractivity contribution in [3.63, 3.8) is 0 Å². The van der Waals surface area contributed by atoms with E-state index >= 15 is 0 Å². The number of amides is 3. The summed E-state index contributed by atoms with van der Waals surface area (Å²) in [5.74, 6) is -1.03. The van der Waals surface area contributed by atoms with Crippen LogP contribution >= 0.6 is 0 Å². The summed E-state index contributed by atoms with van der Waals surface area (Å²) < 4.78 is 0. The minimum Gasteiger partial charge on any atom is -0.361 e. The Morgan fingerprint density at radius 3 is 2.39 bits per heavy atom. The molecule has 2 fully saturated rings. The maximum atomic E-state index is 13.9. The van der Waals surface area contributed by atoms with Crippen molar-refractivity contribution < 1.29 is 14.4 Å². The van der Waals surface area contributed by atoms with E-state index in [9.17, 15) is 14.4 Å². The van der Waals surface area contributed by atoms with Crippen LogP contribution in [0, 0.1) is 28.1 Å². The molecule has 7 heteroatoms. The monoisotopic (exact) mass is 482 g/mol. The summed E-state index contributed by atoms with van der Waals surface area (Å²) in [7, 11) is 0. The van der Waals surface area contributed by atoms with Crippen LogP contribution in [0.3, 0.4) is 0 Å². The second-order valence-electron chi connectivity index (χ2n) is 11.0. The van der Waals surface area contributed by atoms with E-state index in [0.29, 0.717) is 24.2 Å². The van der Waals surface area contributed by atoms with Crippen molar-refractivity contribution in [2.45, 2.75) is 46.6 Å². The quantitative estimate of drug-likeness (QED) is 0.526. The number of nitrogens with zero attached hydrogens (tertiary/aromatic N) is 3. The van der Waals surface area contributed by atoms with Gasteiger partial charge in [-0.2, -0.15) is 5.26 Å². The highest BCUT2D eigenvalue weighted by atomic mass is 16.2. The van der Waals surface area contributed by atoms with E-state index in [-0.39, 0.29) is 35.0 Å². The molecule has 36 heavy (non-hydrogen) atoms.